The summed E-state index contributed by atoms with van der Waals surface area (Å²) < 4.78 is 0. The minimum absolute atomic E-state index is 0.658. The number of nitrogens with zero attached hydrogens (tertiary/aromatic N) is 3. The molecule has 132 valence electrons. The van der Waals surface area contributed by atoms with Crippen LogP contribution in [0.15, 0.2) is 60.8 Å². The topological polar surface area (TPSA) is 70.2 Å². The minimum atomic E-state index is 0.658. The van der Waals surface area contributed by atoms with Crippen molar-refractivity contribution in [1.82, 2.24) is 15.5 Å². The number of hydrogen-bond donors (Lipinski definition) is 2. The Bertz CT molecular complexity index is 1160. The van der Waals surface area contributed by atoms with Gasteiger partial charge in [-0.3, -0.25) is 14.8 Å². The van der Waals surface area contributed by atoms with Crippen LogP contribution in [0.2, 0.25) is 0 Å². The third-order valence-electron chi connectivity index (χ3n) is 4.46. The van der Waals surface area contributed by atoms with Gasteiger partial charge in [-0.05, 0) is 48.0 Å². The number of thiophene rings is 1. The van der Waals surface area contributed by atoms with E-state index in [-0.39, 0.29) is 0 Å². The van der Waals surface area contributed by atoms with E-state index < -0.39 is 0 Å². The first-order valence-electron chi connectivity index (χ1n) is 8.49. The van der Waals surface area contributed by atoms with Gasteiger partial charge in [0, 0.05) is 11.6 Å². The van der Waals surface area contributed by atoms with E-state index in [1.54, 1.807) is 6.20 Å². The van der Waals surface area contributed by atoms with Gasteiger partial charge < -0.3 is 5.43 Å². The van der Waals surface area contributed by atoms with E-state index in [0.717, 1.165) is 44.8 Å². The minimum Gasteiger partial charge on any atom is -0.300 e. The van der Waals surface area contributed by atoms with Gasteiger partial charge in [-0.2, -0.15) is 0 Å². The molecule has 0 bridgehead atoms. The molecule has 4 heterocycles. The third-order valence-corrected chi connectivity index (χ3v) is 5.49. The first-order valence-corrected chi connectivity index (χ1v) is 9.31. The summed E-state index contributed by atoms with van der Waals surface area (Å²) in [7, 11) is 0. The fraction of sp³-hybridized carbons (Fsp3) is 0.0500. The number of hydrogen-bond acceptors (Lipinski definition) is 7. The van der Waals surface area contributed by atoms with E-state index in [9.17, 15) is 4.79 Å². The predicted molar refractivity (Wildman–Crippen MR) is 108 cm³/mol. The van der Waals surface area contributed by atoms with Gasteiger partial charge >= 0.3 is 0 Å². The largest absolute Gasteiger partial charge is 0.300 e. The number of pyridine rings is 2. The highest BCUT2D eigenvalue weighted by atomic mass is 32.1. The molecule has 0 radical (unpaired) electrons. The van der Waals surface area contributed by atoms with Crippen molar-refractivity contribution in [3.8, 4) is 10.6 Å². The number of anilines is 2. The third kappa shape index (κ3) is 2.92. The maximum absolute atomic E-state index is 10.9. The Balaban J connectivity index is 1.45. The highest BCUT2D eigenvalue weighted by Crippen LogP contribution is 2.33. The van der Waals surface area contributed by atoms with Gasteiger partial charge in [0.2, 0.25) is 0 Å². The summed E-state index contributed by atoms with van der Waals surface area (Å²) in [5.41, 5.74) is 10.2. The molecular weight excluding hydrogens is 358 g/mol. The molecule has 3 aromatic heterocycles. The standard InChI is InChI=1S/C20H15N5OS/c26-12-15-4-8-19(27-15)17-6-7-18-20(22-17)25(24-23-18)11-13-3-5-16-14(10-13)2-1-9-21-16/h1-10,12,23-24H,11H2. The second-order valence-electron chi connectivity index (χ2n) is 6.24. The van der Waals surface area contributed by atoms with Crippen molar-refractivity contribution < 1.29 is 4.79 Å². The van der Waals surface area contributed by atoms with Gasteiger partial charge in [0.15, 0.2) is 12.1 Å². The number of benzene rings is 1. The summed E-state index contributed by atoms with van der Waals surface area (Å²) in [5.74, 6) is 0.833. The van der Waals surface area contributed by atoms with Crippen LogP contribution in [0, 0.1) is 0 Å². The molecule has 4 aromatic rings. The molecule has 0 saturated heterocycles. The molecular formula is C20H15N5OS. The van der Waals surface area contributed by atoms with Crippen LogP contribution in [0.25, 0.3) is 21.5 Å². The first kappa shape index (κ1) is 15.9. The smallest absolute Gasteiger partial charge is 0.170 e. The summed E-state index contributed by atoms with van der Waals surface area (Å²) >= 11 is 1.44. The fourth-order valence-corrected chi connectivity index (χ4v) is 3.94. The Morgan fingerprint density at radius 3 is 2.96 bits per heavy atom. The summed E-state index contributed by atoms with van der Waals surface area (Å²) in [6.45, 7) is 0.658. The Labute approximate surface area is 159 Å². The van der Waals surface area contributed by atoms with E-state index in [4.69, 9.17) is 4.98 Å². The molecule has 7 heteroatoms. The maximum atomic E-state index is 10.9. The summed E-state index contributed by atoms with van der Waals surface area (Å²) in [5, 5.41) is 3.09. The fourth-order valence-electron chi connectivity index (χ4n) is 3.14. The molecule has 0 unspecified atom stereocenters. The average Bonchev–Trinajstić information content (AvgIpc) is 3.35. The van der Waals surface area contributed by atoms with Crippen LogP contribution in [0.4, 0.5) is 11.5 Å². The van der Waals surface area contributed by atoms with E-state index in [1.807, 2.05) is 41.4 Å². The summed E-state index contributed by atoms with van der Waals surface area (Å²) in [6, 6.07) is 18.0. The number of aldehydes is 1. The number of carbonyl (C=O) groups excluding carboxylic acids is 1. The highest BCUT2D eigenvalue weighted by Gasteiger charge is 2.21. The van der Waals surface area contributed by atoms with Gasteiger partial charge in [-0.15, -0.1) is 16.9 Å². The lowest BCUT2D eigenvalue weighted by atomic mass is 10.1. The normalized spacial score (nSPS) is 12.8. The van der Waals surface area contributed by atoms with Crippen LogP contribution in [0.5, 0.6) is 0 Å². The number of hydrazine groups is 2. The van der Waals surface area contributed by atoms with E-state index in [2.05, 4.69) is 34.1 Å². The van der Waals surface area contributed by atoms with Gasteiger partial charge in [0.1, 0.15) is 0 Å². The van der Waals surface area contributed by atoms with E-state index >= 15 is 0 Å². The van der Waals surface area contributed by atoms with Crippen LogP contribution in [0.1, 0.15) is 15.2 Å². The predicted octanol–water partition coefficient (Wildman–Crippen LogP) is 4.02. The van der Waals surface area contributed by atoms with Crippen LogP contribution in [-0.2, 0) is 6.54 Å². The summed E-state index contributed by atoms with van der Waals surface area (Å²) in [4.78, 5) is 21.8. The molecule has 0 spiro atoms. The molecule has 0 saturated carbocycles. The molecule has 2 N–H and O–H groups in total. The van der Waals surface area contributed by atoms with Crippen molar-refractivity contribution in [3.05, 3.63) is 71.2 Å². The van der Waals surface area contributed by atoms with Crippen molar-refractivity contribution in [2.24, 2.45) is 0 Å². The lowest BCUT2D eigenvalue weighted by Crippen LogP contribution is -2.35. The number of fused-ring (bicyclic) bond motifs is 2. The van der Waals surface area contributed by atoms with Gasteiger partial charge in [-0.25, -0.2) is 4.98 Å². The molecule has 0 fully saturated rings. The van der Waals surface area contributed by atoms with Gasteiger partial charge in [0.05, 0.1) is 33.2 Å². The Hall–Kier alpha value is -3.29. The number of nitrogens with one attached hydrogen (secondary N) is 2. The number of aromatic nitrogens is 2. The van der Waals surface area contributed by atoms with E-state index in [1.165, 1.54) is 11.3 Å². The second-order valence-corrected chi connectivity index (χ2v) is 7.36. The number of carbonyl (C=O) groups is 1. The molecule has 0 aliphatic carbocycles. The van der Waals surface area contributed by atoms with Crippen molar-refractivity contribution in [1.29, 1.82) is 0 Å². The zero-order chi connectivity index (χ0) is 18.2. The van der Waals surface area contributed by atoms with Crippen LogP contribution in [-0.4, -0.2) is 16.3 Å². The SMILES string of the molecule is O=Cc1ccc(-c2ccc3c(n2)N(Cc2ccc4ncccc4c2)NN3)s1. The van der Waals surface area contributed by atoms with Gasteiger partial charge in [0.25, 0.3) is 0 Å². The van der Waals surface area contributed by atoms with Crippen LogP contribution < -0.4 is 16.0 Å². The number of rotatable bonds is 4. The zero-order valence-corrected chi connectivity index (χ0v) is 15.0. The Morgan fingerprint density at radius 2 is 2.07 bits per heavy atom. The molecule has 27 heavy (non-hydrogen) atoms. The molecule has 1 aromatic carbocycles. The van der Waals surface area contributed by atoms with Crippen molar-refractivity contribution in [2.75, 3.05) is 10.4 Å². The first-order chi connectivity index (χ1) is 13.3. The molecule has 1 aliphatic rings. The van der Waals surface area contributed by atoms with Crippen molar-refractivity contribution in [2.45, 2.75) is 6.54 Å². The molecule has 0 atom stereocenters. The molecule has 1 aliphatic heterocycles. The average molecular weight is 373 g/mol. The lowest BCUT2D eigenvalue weighted by Gasteiger charge is -2.17. The van der Waals surface area contributed by atoms with Crippen LogP contribution in [0.3, 0.4) is 0 Å². The monoisotopic (exact) mass is 373 g/mol. The molecule has 0 amide bonds. The second kappa shape index (κ2) is 6.46. The highest BCUT2D eigenvalue weighted by molar-refractivity contribution is 7.17. The summed E-state index contributed by atoms with van der Waals surface area (Å²) in [6.07, 6.45) is 2.67. The quantitative estimate of drug-likeness (QED) is 0.527. The lowest BCUT2D eigenvalue weighted by molar-refractivity contribution is 0.112. The zero-order valence-electron chi connectivity index (χ0n) is 14.2. The maximum Gasteiger partial charge on any atom is 0.170 e. The van der Waals surface area contributed by atoms with E-state index in [0.29, 0.717) is 11.4 Å². The van der Waals surface area contributed by atoms with Crippen molar-refractivity contribution in [3.63, 3.8) is 0 Å². The molecule has 5 rings (SSSR count). The van der Waals surface area contributed by atoms with Crippen molar-refractivity contribution >= 4 is 40.0 Å². The Kier molecular flexibility index (Phi) is 3.81. The van der Waals surface area contributed by atoms with Crippen LogP contribution >= 0.6 is 11.3 Å². The Morgan fingerprint density at radius 1 is 1.11 bits per heavy atom. The molecule has 6 nitrogen and oxygen atoms in total. The van der Waals surface area contributed by atoms with Gasteiger partial charge in [-0.1, -0.05) is 12.1 Å².